The summed E-state index contributed by atoms with van der Waals surface area (Å²) in [7, 11) is 0. The molecule has 6 nitrogen and oxygen atoms in total. The van der Waals surface area contributed by atoms with Crippen molar-refractivity contribution in [2.24, 2.45) is 0 Å². The van der Waals surface area contributed by atoms with E-state index in [1.807, 2.05) is 0 Å². The Bertz CT molecular complexity index is 1140. The molecule has 0 aliphatic carbocycles. The van der Waals surface area contributed by atoms with Crippen LogP contribution in [0.3, 0.4) is 0 Å². The van der Waals surface area contributed by atoms with Crippen molar-refractivity contribution in [2.75, 3.05) is 13.2 Å². The van der Waals surface area contributed by atoms with E-state index in [1.54, 1.807) is 0 Å². The Balaban J connectivity index is 4.36. The maximum atomic E-state index is 12.8. The summed E-state index contributed by atoms with van der Waals surface area (Å²) in [5.74, 6) is -0.887. The molecular formula is C59H106O6. The fraction of sp³-hybridized carbons (Fsp3) is 0.814. The number of hydrogen-bond acceptors (Lipinski definition) is 6. The molecule has 0 radical (unpaired) electrons. The molecule has 65 heavy (non-hydrogen) atoms. The Hall–Kier alpha value is -2.63. The van der Waals surface area contributed by atoms with Gasteiger partial charge < -0.3 is 14.2 Å². The summed E-state index contributed by atoms with van der Waals surface area (Å²) < 4.78 is 16.8. The molecule has 0 aliphatic rings. The Kier molecular flexibility index (Phi) is 51.8. The van der Waals surface area contributed by atoms with Crippen molar-refractivity contribution in [1.29, 1.82) is 0 Å². The van der Waals surface area contributed by atoms with Gasteiger partial charge in [-0.25, -0.2) is 0 Å². The van der Waals surface area contributed by atoms with Crippen LogP contribution < -0.4 is 0 Å². The maximum absolute atomic E-state index is 12.8. The van der Waals surface area contributed by atoms with Crippen LogP contribution in [-0.2, 0) is 28.6 Å². The number of esters is 3. The van der Waals surface area contributed by atoms with Crippen molar-refractivity contribution in [3.8, 4) is 0 Å². The first kappa shape index (κ1) is 62.4. The topological polar surface area (TPSA) is 78.9 Å². The largest absolute Gasteiger partial charge is 0.462 e. The Labute approximate surface area is 403 Å². The van der Waals surface area contributed by atoms with E-state index in [0.717, 1.165) is 83.5 Å². The number of ether oxygens (including phenoxy) is 3. The SMILES string of the molecule is CCCCC\C=C/C=C\C=C/C=C\CCCCCCCC(=O)OCC(COC(=O)CCCCCCCCCCCCC)OC(=O)CCCCCCCCCCCCCCCCCCCC. The summed E-state index contributed by atoms with van der Waals surface area (Å²) in [5.41, 5.74) is 0. The van der Waals surface area contributed by atoms with Crippen LogP contribution in [0.5, 0.6) is 0 Å². The summed E-state index contributed by atoms with van der Waals surface area (Å²) in [6, 6.07) is 0. The van der Waals surface area contributed by atoms with E-state index in [2.05, 4.69) is 69.4 Å². The molecule has 0 heterocycles. The molecule has 0 N–H and O–H groups in total. The molecular weight excluding hydrogens is 805 g/mol. The van der Waals surface area contributed by atoms with Gasteiger partial charge in [-0.2, -0.15) is 0 Å². The van der Waals surface area contributed by atoms with Crippen molar-refractivity contribution < 1.29 is 28.6 Å². The standard InChI is InChI=1S/C59H106O6/c1-4-7-10-13-16-19-22-24-26-28-30-32-34-37-40-43-46-49-52-58(61)64-55-56(54-63-57(60)51-48-45-42-39-36-21-18-15-12-9-6-3)65-59(62)53-50-47-44-41-38-35-33-31-29-27-25-23-20-17-14-11-8-5-2/h16,19,22,24,26,28,30,32,56H,4-15,17-18,20-21,23,25,27,29,31,33-55H2,1-3H3/b19-16-,24-22-,28-26-,32-30-. The third-order valence-corrected chi connectivity index (χ3v) is 12.4. The van der Waals surface area contributed by atoms with E-state index < -0.39 is 6.10 Å². The van der Waals surface area contributed by atoms with Crippen LogP contribution in [0.15, 0.2) is 48.6 Å². The normalized spacial score (nSPS) is 12.4. The van der Waals surface area contributed by atoms with Gasteiger partial charge >= 0.3 is 17.9 Å². The monoisotopic (exact) mass is 911 g/mol. The Morgan fingerprint density at radius 1 is 0.308 bits per heavy atom. The summed E-state index contributed by atoms with van der Waals surface area (Å²) in [6.45, 7) is 6.61. The smallest absolute Gasteiger partial charge is 0.306 e. The van der Waals surface area contributed by atoms with E-state index >= 15 is 0 Å². The molecule has 0 aromatic carbocycles. The highest BCUT2D eigenvalue weighted by Gasteiger charge is 2.19. The first-order valence-electron chi connectivity index (χ1n) is 28.2. The minimum Gasteiger partial charge on any atom is -0.462 e. The molecule has 0 saturated heterocycles. The molecule has 0 amide bonds. The van der Waals surface area contributed by atoms with Gasteiger partial charge in [-0.15, -0.1) is 0 Å². The predicted molar refractivity (Wildman–Crippen MR) is 279 cm³/mol. The molecule has 1 atom stereocenters. The second-order valence-corrected chi connectivity index (χ2v) is 19.0. The molecule has 0 fully saturated rings. The number of carbonyl (C=O) groups excluding carboxylic acids is 3. The molecule has 0 spiro atoms. The van der Waals surface area contributed by atoms with Gasteiger partial charge in [-0.05, 0) is 44.9 Å². The van der Waals surface area contributed by atoms with E-state index in [1.165, 1.54) is 167 Å². The molecule has 0 aromatic rings. The first-order valence-corrected chi connectivity index (χ1v) is 28.2. The van der Waals surface area contributed by atoms with Gasteiger partial charge in [-0.3, -0.25) is 14.4 Å². The van der Waals surface area contributed by atoms with E-state index in [-0.39, 0.29) is 31.1 Å². The number of unbranched alkanes of at least 4 members (excludes halogenated alkanes) is 35. The Morgan fingerprint density at radius 2 is 0.554 bits per heavy atom. The first-order chi connectivity index (χ1) is 32.0. The maximum Gasteiger partial charge on any atom is 0.306 e. The van der Waals surface area contributed by atoms with Crippen molar-refractivity contribution in [3.63, 3.8) is 0 Å². The van der Waals surface area contributed by atoms with Gasteiger partial charge in [0.1, 0.15) is 13.2 Å². The zero-order valence-electron chi connectivity index (χ0n) is 43.3. The van der Waals surface area contributed by atoms with Crippen LogP contribution in [-0.4, -0.2) is 37.2 Å². The zero-order chi connectivity index (χ0) is 47.2. The molecule has 0 aromatic heterocycles. The van der Waals surface area contributed by atoms with Gasteiger partial charge in [0.15, 0.2) is 6.10 Å². The molecule has 6 heteroatoms. The second kappa shape index (κ2) is 54.0. The van der Waals surface area contributed by atoms with Gasteiger partial charge in [0.05, 0.1) is 0 Å². The van der Waals surface area contributed by atoms with E-state index in [0.29, 0.717) is 19.3 Å². The molecule has 0 bridgehead atoms. The summed E-state index contributed by atoms with van der Waals surface area (Å²) in [5, 5.41) is 0. The lowest BCUT2D eigenvalue weighted by molar-refractivity contribution is -0.167. The lowest BCUT2D eigenvalue weighted by Gasteiger charge is -2.18. The van der Waals surface area contributed by atoms with Gasteiger partial charge in [-0.1, -0.05) is 275 Å². The van der Waals surface area contributed by atoms with Gasteiger partial charge in [0.25, 0.3) is 0 Å². The second-order valence-electron chi connectivity index (χ2n) is 19.0. The van der Waals surface area contributed by atoms with Crippen molar-refractivity contribution in [1.82, 2.24) is 0 Å². The fourth-order valence-electron chi connectivity index (χ4n) is 8.16. The molecule has 0 rings (SSSR count). The number of carbonyl (C=O) groups is 3. The number of rotatable bonds is 51. The van der Waals surface area contributed by atoms with Gasteiger partial charge in [0, 0.05) is 19.3 Å². The van der Waals surface area contributed by atoms with E-state index in [4.69, 9.17) is 14.2 Å². The van der Waals surface area contributed by atoms with Crippen LogP contribution in [0.2, 0.25) is 0 Å². The summed E-state index contributed by atoms with van der Waals surface area (Å²) in [4.78, 5) is 38.1. The van der Waals surface area contributed by atoms with Crippen LogP contribution in [0.4, 0.5) is 0 Å². The molecule has 378 valence electrons. The molecule has 0 saturated carbocycles. The van der Waals surface area contributed by atoms with Crippen molar-refractivity contribution in [3.05, 3.63) is 48.6 Å². The number of hydrogen-bond donors (Lipinski definition) is 0. The van der Waals surface area contributed by atoms with Crippen molar-refractivity contribution in [2.45, 2.75) is 297 Å². The lowest BCUT2D eigenvalue weighted by Crippen LogP contribution is -2.30. The third-order valence-electron chi connectivity index (χ3n) is 12.4. The summed E-state index contributed by atoms with van der Waals surface area (Å²) in [6.07, 6.45) is 65.2. The minimum absolute atomic E-state index is 0.0769. The zero-order valence-corrected chi connectivity index (χ0v) is 43.3. The average Bonchev–Trinajstić information content (AvgIpc) is 3.30. The molecule has 1 unspecified atom stereocenters. The van der Waals surface area contributed by atoms with Crippen LogP contribution in [0.25, 0.3) is 0 Å². The predicted octanol–water partition coefficient (Wildman–Crippen LogP) is 18.7. The number of allylic oxidation sites excluding steroid dienone is 8. The average molecular weight is 911 g/mol. The highest BCUT2D eigenvalue weighted by atomic mass is 16.6. The summed E-state index contributed by atoms with van der Waals surface area (Å²) >= 11 is 0. The fourth-order valence-corrected chi connectivity index (χ4v) is 8.16. The lowest BCUT2D eigenvalue weighted by atomic mass is 10.0. The van der Waals surface area contributed by atoms with Crippen LogP contribution in [0, 0.1) is 0 Å². The van der Waals surface area contributed by atoms with E-state index in [9.17, 15) is 14.4 Å². The highest BCUT2D eigenvalue weighted by Crippen LogP contribution is 2.16. The highest BCUT2D eigenvalue weighted by molar-refractivity contribution is 5.71. The van der Waals surface area contributed by atoms with Crippen molar-refractivity contribution >= 4 is 17.9 Å². The Morgan fingerprint density at radius 3 is 0.892 bits per heavy atom. The molecule has 0 aliphatic heterocycles. The van der Waals surface area contributed by atoms with Crippen LogP contribution in [0.1, 0.15) is 290 Å². The third kappa shape index (κ3) is 52.2. The quantitative estimate of drug-likeness (QED) is 0.0262. The van der Waals surface area contributed by atoms with Crippen LogP contribution >= 0.6 is 0 Å². The van der Waals surface area contributed by atoms with Gasteiger partial charge in [0.2, 0.25) is 0 Å². The minimum atomic E-state index is -0.778.